The highest BCUT2D eigenvalue weighted by Crippen LogP contribution is 2.28. The summed E-state index contributed by atoms with van der Waals surface area (Å²) in [6, 6.07) is 17.0. The van der Waals surface area contributed by atoms with Gasteiger partial charge in [-0.3, -0.25) is 0 Å². The van der Waals surface area contributed by atoms with Gasteiger partial charge in [0.2, 0.25) is 0 Å². The summed E-state index contributed by atoms with van der Waals surface area (Å²) in [4.78, 5) is 0. The smallest absolute Gasteiger partial charge is 0.376 e. The summed E-state index contributed by atoms with van der Waals surface area (Å²) in [5.74, 6) is -0.237. The van der Waals surface area contributed by atoms with E-state index in [1.54, 1.807) is 12.1 Å². The highest BCUT2D eigenvalue weighted by molar-refractivity contribution is 7.88. The summed E-state index contributed by atoms with van der Waals surface area (Å²) in [6.45, 7) is 3.94. The van der Waals surface area contributed by atoms with Crippen LogP contribution in [0, 0.1) is 0 Å². The van der Waals surface area contributed by atoms with Gasteiger partial charge in [-0.2, -0.15) is 21.6 Å². The van der Waals surface area contributed by atoms with Crippen molar-refractivity contribution in [3.63, 3.8) is 0 Å². The van der Waals surface area contributed by atoms with Crippen LogP contribution in [0.2, 0.25) is 12.1 Å². The van der Waals surface area contributed by atoms with Crippen LogP contribution < -0.4 is 14.6 Å². The van der Waals surface area contributed by atoms with E-state index in [9.17, 15) is 21.6 Å². The Labute approximate surface area is 146 Å². The Hall–Kier alpha value is -1.80. The molecule has 0 spiro atoms. The van der Waals surface area contributed by atoms with E-state index in [1.165, 1.54) is 12.1 Å². The second-order valence-corrected chi connectivity index (χ2v) is 11.9. The minimum absolute atomic E-state index is 0.237. The lowest BCUT2D eigenvalue weighted by Crippen LogP contribution is -2.57. The van der Waals surface area contributed by atoms with Gasteiger partial charge in [0.05, 0.1) is 0 Å². The van der Waals surface area contributed by atoms with Gasteiger partial charge in [-0.15, -0.1) is 0 Å². The van der Waals surface area contributed by atoms with Crippen molar-refractivity contribution in [3.05, 3.63) is 54.6 Å². The van der Waals surface area contributed by atoms with Crippen LogP contribution in [-0.2, 0) is 10.1 Å². The molecule has 0 aliphatic heterocycles. The van der Waals surface area contributed by atoms with Crippen LogP contribution in [0.15, 0.2) is 54.6 Å². The topological polar surface area (TPSA) is 43.4 Å². The maximum absolute atomic E-state index is 12.7. The maximum Gasteiger partial charge on any atom is 0.534 e. The molecule has 0 saturated heterocycles. The fraction of sp³-hybridized carbons (Fsp3) is 0.294. The second kappa shape index (κ2) is 7.21. The van der Waals surface area contributed by atoms with Crippen LogP contribution in [0.1, 0.15) is 13.8 Å². The first-order chi connectivity index (χ1) is 11.7. The number of hydrogen-bond acceptors (Lipinski definition) is 3. The Morgan fingerprint density at radius 3 is 1.96 bits per heavy atom. The number of halogens is 3. The van der Waals surface area contributed by atoms with E-state index in [0.29, 0.717) is 17.3 Å². The number of para-hydroxylation sites is 1. The Balaban J connectivity index is 2.63. The summed E-state index contributed by atoms with van der Waals surface area (Å²) in [7, 11) is -8.17. The van der Waals surface area contributed by atoms with Gasteiger partial charge in [0, 0.05) is 0 Å². The van der Waals surface area contributed by atoms with Crippen molar-refractivity contribution >= 4 is 28.6 Å². The van der Waals surface area contributed by atoms with Crippen molar-refractivity contribution in [2.45, 2.75) is 31.4 Å². The van der Waals surface area contributed by atoms with Gasteiger partial charge < -0.3 is 4.18 Å². The number of hydrogen-bond donors (Lipinski definition) is 0. The van der Waals surface area contributed by atoms with E-state index in [-0.39, 0.29) is 5.75 Å². The minimum Gasteiger partial charge on any atom is -0.376 e. The number of benzene rings is 2. The van der Waals surface area contributed by atoms with Crippen LogP contribution >= 0.6 is 0 Å². The number of rotatable bonds is 6. The van der Waals surface area contributed by atoms with Crippen LogP contribution in [0.3, 0.4) is 0 Å². The Bertz CT molecular complexity index is 817. The van der Waals surface area contributed by atoms with Gasteiger partial charge in [0.25, 0.3) is 0 Å². The molecule has 0 aliphatic carbocycles. The number of alkyl halides is 3. The lowest BCUT2D eigenvalue weighted by atomic mass is 10.3. The van der Waals surface area contributed by atoms with Crippen molar-refractivity contribution in [2.75, 3.05) is 0 Å². The summed E-state index contributed by atoms with van der Waals surface area (Å²) in [5, 5.41) is 1.58. The van der Waals surface area contributed by atoms with E-state index >= 15 is 0 Å². The molecule has 0 atom stereocenters. The first-order valence-electron chi connectivity index (χ1n) is 7.83. The third-order valence-electron chi connectivity index (χ3n) is 4.42. The Morgan fingerprint density at radius 1 is 0.920 bits per heavy atom. The molecule has 25 heavy (non-hydrogen) atoms. The molecular weight excluding hydrogens is 369 g/mol. The van der Waals surface area contributed by atoms with Crippen molar-refractivity contribution in [1.29, 1.82) is 0 Å². The zero-order valence-corrected chi connectivity index (χ0v) is 15.7. The molecule has 136 valence electrons. The first-order valence-corrected chi connectivity index (χ1v) is 11.7. The lowest BCUT2D eigenvalue weighted by molar-refractivity contribution is -0.0499. The van der Waals surface area contributed by atoms with Crippen molar-refractivity contribution in [2.24, 2.45) is 0 Å². The molecule has 0 radical (unpaired) electrons. The molecule has 0 saturated carbocycles. The zero-order chi connectivity index (χ0) is 18.7. The normalized spacial score (nSPS) is 12.8. The van der Waals surface area contributed by atoms with E-state index in [2.05, 4.69) is 4.18 Å². The highest BCUT2D eigenvalue weighted by atomic mass is 32.2. The third kappa shape index (κ3) is 3.74. The molecule has 2 rings (SSSR count). The van der Waals surface area contributed by atoms with E-state index < -0.39 is 23.7 Å². The van der Waals surface area contributed by atoms with E-state index in [0.717, 1.165) is 5.19 Å². The summed E-state index contributed by atoms with van der Waals surface area (Å²) < 4.78 is 65.7. The standard InChI is InChI=1S/C17H19F3O3SSi/c1-3-25(4-2,14-10-6-5-7-11-14)16-13-9-8-12-15(16)23-24(21,22)17(18,19)20/h5-13H,3-4H2,1-2H3. The molecule has 0 aliphatic rings. The van der Waals surface area contributed by atoms with Gasteiger partial charge in [0.1, 0.15) is 13.8 Å². The van der Waals surface area contributed by atoms with E-state index in [4.69, 9.17) is 0 Å². The average molecular weight is 388 g/mol. The van der Waals surface area contributed by atoms with Crippen molar-refractivity contribution < 1.29 is 25.8 Å². The molecule has 0 fully saturated rings. The van der Waals surface area contributed by atoms with Gasteiger partial charge >= 0.3 is 15.6 Å². The predicted octanol–water partition coefficient (Wildman–Crippen LogP) is 3.52. The Morgan fingerprint density at radius 2 is 1.44 bits per heavy atom. The van der Waals surface area contributed by atoms with Crippen LogP contribution in [0.4, 0.5) is 13.2 Å². The second-order valence-electron chi connectivity index (χ2n) is 5.63. The average Bonchev–Trinajstić information content (AvgIpc) is 2.57. The van der Waals surface area contributed by atoms with Crippen molar-refractivity contribution in [3.8, 4) is 5.75 Å². The monoisotopic (exact) mass is 388 g/mol. The third-order valence-corrected chi connectivity index (χ3v) is 10.7. The van der Waals surface area contributed by atoms with Gasteiger partial charge in [0.15, 0.2) is 0 Å². The van der Waals surface area contributed by atoms with Crippen LogP contribution in [-0.4, -0.2) is 22.0 Å². The summed E-state index contributed by atoms with van der Waals surface area (Å²) in [5.41, 5.74) is -5.46. The molecule has 0 N–H and O–H groups in total. The van der Waals surface area contributed by atoms with Crippen LogP contribution in [0.5, 0.6) is 5.75 Å². The SMILES string of the molecule is CC[Si](CC)(c1ccccc1)c1ccccc1OS(=O)(=O)C(F)(F)F. The largest absolute Gasteiger partial charge is 0.534 e. The van der Waals surface area contributed by atoms with Gasteiger partial charge in [-0.05, 0) is 11.3 Å². The molecule has 0 bridgehead atoms. The highest BCUT2D eigenvalue weighted by Gasteiger charge is 2.49. The minimum atomic E-state index is -5.71. The molecule has 0 amide bonds. The van der Waals surface area contributed by atoms with E-state index in [1.807, 2.05) is 44.2 Å². The van der Waals surface area contributed by atoms with Gasteiger partial charge in [-0.25, -0.2) is 0 Å². The zero-order valence-electron chi connectivity index (χ0n) is 13.9. The Kier molecular flexibility index (Phi) is 5.63. The fourth-order valence-electron chi connectivity index (χ4n) is 3.05. The molecule has 8 heteroatoms. The van der Waals surface area contributed by atoms with Crippen LogP contribution in [0.25, 0.3) is 0 Å². The fourth-order valence-corrected chi connectivity index (χ4v) is 7.84. The lowest BCUT2D eigenvalue weighted by Gasteiger charge is -2.32. The molecule has 0 heterocycles. The predicted molar refractivity (Wildman–Crippen MR) is 94.5 cm³/mol. The quantitative estimate of drug-likeness (QED) is 0.432. The molecule has 2 aromatic carbocycles. The van der Waals surface area contributed by atoms with Gasteiger partial charge in [-0.1, -0.05) is 79.7 Å². The molecule has 2 aromatic rings. The molecule has 3 nitrogen and oxygen atoms in total. The molecule has 0 unspecified atom stereocenters. The summed E-state index contributed by atoms with van der Waals surface area (Å²) in [6.07, 6.45) is 0. The first kappa shape index (κ1) is 19.5. The molecular formula is C17H19F3O3SSi. The summed E-state index contributed by atoms with van der Waals surface area (Å²) >= 11 is 0. The maximum atomic E-state index is 12.7. The van der Waals surface area contributed by atoms with Crippen molar-refractivity contribution in [1.82, 2.24) is 0 Å². The molecule has 0 aromatic heterocycles.